The van der Waals surface area contributed by atoms with E-state index in [-0.39, 0.29) is 5.75 Å². The van der Waals surface area contributed by atoms with Gasteiger partial charge in [0.15, 0.2) is 0 Å². The van der Waals surface area contributed by atoms with Crippen molar-refractivity contribution in [2.45, 2.75) is 20.5 Å². The molecular formula is C18H20N2O2. The Morgan fingerprint density at radius 2 is 1.95 bits per heavy atom. The number of allylic oxidation sites excluding steroid dienone is 1. The fourth-order valence-electron chi connectivity index (χ4n) is 2.01. The number of hydrogen-bond acceptors (Lipinski definition) is 3. The van der Waals surface area contributed by atoms with Gasteiger partial charge in [0, 0.05) is 11.3 Å². The van der Waals surface area contributed by atoms with E-state index in [9.17, 15) is 5.11 Å². The van der Waals surface area contributed by atoms with Crippen LogP contribution >= 0.6 is 0 Å². The van der Waals surface area contributed by atoms with Crippen LogP contribution in [0.15, 0.2) is 53.2 Å². The van der Waals surface area contributed by atoms with Crippen molar-refractivity contribution in [1.82, 2.24) is 0 Å². The predicted molar refractivity (Wildman–Crippen MR) is 89.9 cm³/mol. The van der Waals surface area contributed by atoms with Gasteiger partial charge >= 0.3 is 0 Å². The second kappa shape index (κ2) is 7.31. The Bertz CT molecular complexity index is 689. The molecule has 0 atom stereocenters. The number of phenols is 1. The van der Waals surface area contributed by atoms with Gasteiger partial charge in [-0.05, 0) is 49.2 Å². The minimum atomic E-state index is 0.259. The molecule has 3 N–H and O–H groups in total. The first-order valence-electron chi connectivity index (χ1n) is 7.02. The summed E-state index contributed by atoms with van der Waals surface area (Å²) in [6, 6.07) is 13.2. The molecule has 0 radical (unpaired) electrons. The Labute approximate surface area is 130 Å². The van der Waals surface area contributed by atoms with Gasteiger partial charge in [0.2, 0.25) is 0 Å². The van der Waals surface area contributed by atoms with Crippen molar-refractivity contribution in [2.24, 2.45) is 10.7 Å². The Kier molecular flexibility index (Phi) is 5.20. The smallest absolute Gasteiger partial charge is 0.122 e. The first-order chi connectivity index (χ1) is 10.6. The summed E-state index contributed by atoms with van der Waals surface area (Å²) >= 11 is 0. The summed E-state index contributed by atoms with van der Waals surface area (Å²) in [5.74, 6) is 1.01. The molecule has 0 aromatic heterocycles. The number of nitrogens with zero attached hydrogens (tertiary/aromatic N) is 1. The predicted octanol–water partition coefficient (Wildman–Crippen LogP) is 3.63. The maximum absolute atomic E-state index is 9.85. The molecule has 0 aliphatic carbocycles. The van der Waals surface area contributed by atoms with Crippen molar-refractivity contribution in [3.63, 3.8) is 0 Å². The fraction of sp³-hybridized carbons (Fsp3) is 0.167. The standard InChI is InChI=1S/C18H20N2O2/c1-13-3-6-16(18(21)9-13)11-22-17-7-4-15(5-8-17)10-14(2)20-12-19/h3-10,12,21H,11H2,1-2H3,(H2,19,20)/b14-10-. The van der Waals surface area contributed by atoms with E-state index in [1.165, 1.54) is 6.34 Å². The van der Waals surface area contributed by atoms with Gasteiger partial charge in [0.1, 0.15) is 18.1 Å². The molecule has 0 spiro atoms. The van der Waals surface area contributed by atoms with Crippen molar-refractivity contribution in [3.8, 4) is 11.5 Å². The molecule has 0 saturated carbocycles. The fourth-order valence-corrected chi connectivity index (χ4v) is 2.01. The van der Waals surface area contributed by atoms with Crippen LogP contribution < -0.4 is 10.5 Å². The van der Waals surface area contributed by atoms with E-state index in [4.69, 9.17) is 10.5 Å². The number of aryl methyl sites for hydroxylation is 1. The highest BCUT2D eigenvalue weighted by atomic mass is 16.5. The lowest BCUT2D eigenvalue weighted by Crippen LogP contribution is -1.96. The van der Waals surface area contributed by atoms with E-state index in [2.05, 4.69) is 4.99 Å². The van der Waals surface area contributed by atoms with Crippen LogP contribution in [0.25, 0.3) is 6.08 Å². The molecule has 114 valence electrons. The highest BCUT2D eigenvalue weighted by Gasteiger charge is 2.02. The highest BCUT2D eigenvalue weighted by Crippen LogP contribution is 2.21. The summed E-state index contributed by atoms with van der Waals surface area (Å²) in [6.45, 7) is 4.15. The zero-order valence-electron chi connectivity index (χ0n) is 12.8. The van der Waals surface area contributed by atoms with Crippen LogP contribution in [-0.4, -0.2) is 11.4 Å². The summed E-state index contributed by atoms with van der Waals surface area (Å²) in [4.78, 5) is 3.99. The molecule has 0 aliphatic heterocycles. The minimum Gasteiger partial charge on any atom is -0.508 e. The van der Waals surface area contributed by atoms with E-state index in [1.54, 1.807) is 6.07 Å². The topological polar surface area (TPSA) is 67.8 Å². The molecule has 4 nitrogen and oxygen atoms in total. The van der Waals surface area contributed by atoms with Crippen molar-refractivity contribution in [2.75, 3.05) is 0 Å². The molecule has 0 fully saturated rings. The second-order valence-electron chi connectivity index (χ2n) is 5.05. The van der Waals surface area contributed by atoms with Gasteiger partial charge in [-0.15, -0.1) is 0 Å². The monoisotopic (exact) mass is 296 g/mol. The van der Waals surface area contributed by atoms with Crippen molar-refractivity contribution >= 4 is 12.4 Å². The zero-order valence-corrected chi connectivity index (χ0v) is 12.8. The number of benzene rings is 2. The van der Waals surface area contributed by atoms with E-state index in [1.807, 2.05) is 56.3 Å². The third-order valence-corrected chi connectivity index (χ3v) is 3.17. The lowest BCUT2D eigenvalue weighted by Gasteiger charge is -2.08. The summed E-state index contributed by atoms with van der Waals surface area (Å²) < 4.78 is 5.69. The first-order valence-corrected chi connectivity index (χ1v) is 7.02. The lowest BCUT2D eigenvalue weighted by atomic mass is 10.1. The van der Waals surface area contributed by atoms with Crippen LogP contribution in [0.5, 0.6) is 11.5 Å². The van der Waals surface area contributed by atoms with Crippen LogP contribution in [0.4, 0.5) is 0 Å². The zero-order chi connectivity index (χ0) is 15.9. The van der Waals surface area contributed by atoms with E-state index < -0.39 is 0 Å². The number of hydrogen-bond donors (Lipinski definition) is 2. The molecule has 2 aromatic rings. The van der Waals surface area contributed by atoms with Crippen molar-refractivity contribution in [3.05, 3.63) is 64.9 Å². The molecule has 22 heavy (non-hydrogen) atoms. The van der Waals surface area contributed by atoms with Crippen molar-refractivity contribution in [1.29, 1.82) is 0 Å². The van der Waals surface area contributed by atoms with Crippen LogP contribution in [-0.2, 0) is 6.61 Å². The van der Waals surface area contributed by atoms with Crippen LogP contribution in [0.3, 0.4) is 0 Å². The number of nitrogens with two attached hydrogens (primary N) is 1. The maximum Gasteiger partial charge on any atom is 0.122 e. The third-order valence-electron chi connectivity index (χ3n) is 3.17. The van der Waals surface area contributed by atoms with Gasteiger partial charge < -0.3 is 15.6 Å². The average Bonchev–Trinajstić information content (AvgIpc) is 2.48. The molecule has 0 aliphatic rings. The van der Waals surface area contributed by atoms with Gasteiger partial charge in [-0.1, -0.05) is 24.3 Å². The van der Waals surface area contributed by atoms with Crippen LogP contribution in [0.1, 0.15) is 23.6 Å². The largest absolute Gasteiger partial charge is 0.508 e. The Balaban J connectivity index is 2.01. The summed E-state index contributed by atoms with van der Waals surface area (Å²) in [5, 5.41) is 9.85. The Morgan fingerprint density at radius 1 is 1.23 bits per heavy atom. The maximum atomic E-state index is 9.85. The summed E-state index contributed by atoms with van der Waals surface area (Å²) in [5.41, 5.74) is 8.89. The highest BCUT2D eigenvalue weighted by molar-refractivity contribution is 5.59. The number of rotatable bonds is 5. The van der Waals surface area contributed by atoms with E-state index in [0.717, 1.165) is 28.1 Å². The van der Waals surface area contributed by atoms with E-state index in [0.29, 0.717) is 6.61 Å². The number of phenolic OH excluding ortho intramolecular Hbond substituents is 1. The molecule has 0 saturated heterocycles. The molecule has 0 unspecified atom stereocenters. The Morgan fingerprint density at radius 3 is 2.59 bits per heavy atom. The normalized spacial score (nSPS) is 11.8. The number of ether oxygens (including phenoxy) is 1. The van der Waals surface area contributed by atoms with Gasteiger partial charge in [0.05, 0.1) is 6.34 Å². The number of aliphatic imine (C=N–C) groups is 1. The second-order valence-corrected chi connectivity index (χ2v) is 5.05. The quantitative estimate of drug-likeness (QED) is 0.654. The third kappa shape index (κ3) is 4.38. The number of aromatic hydroxyl groups is 1. The Hall–Kier alpha value is -2.75. The molecule has 4 heteroatoms. The average molecular weight is 296 g/mol. The van der Waals surface area contributed by atoms with Gasteiger partial charge in [-0.2, -0.15) is 0 Å². The minimum absolute atomic E-state index is 0.259. The van der Waals surface area contributed by atoms with Gasteiger partial charge in [0.25, 0.3) is 0 Å². The molecule has 2 rings (SSSR count). The molecule has 0 amide bonds. The molecule has 2 aromatic carbocycles. The van der Waals surface area contributed by atoms with Gasteiger partial charge in [-0.25, -0.2) is 4.99 Å². The molecular weight excluding hydrogens is 276 g/mol. The summed E-state index contributed by atoms with van der Waals surface area (Å²) in [6.07, 6.45) is 3.20. The molecule has 0 heterocycles. The van der Waals surface area contributed by atoms with Crippen molar-refractivity contribution < 1.29 is 9.84 Å². The van der Waals surface area contributed by atoms with Crippen LogP contribution in [0.2, 0.25) is 0 Å². The summed E-state index contributed by atoms with van der Waals surface area (Å²) in [7, 11) is 0. The lowest BCUT2D eigenvalue weighted by molar-refractivity contribution is 0.299. The SMILES string of the molecule is C/C(=C/c1ccc(OCc2ccc(C)cc2O)cc1)N=CN. The van der Waals surface area contributed by atoms with E-state index >= 15 is 0 Å². The molecule has 0 bridgehead atoms. The van der Waals surface area contributed by atoms with Gasteiger partial charge in [-0.3, -0.25) is 0 Å². The van der Waals surface area contributed by atoms with Crippen LogP contribution in [0, 0.1) is 6.92 Å². The first kappa shape index (κ1) is 15.6.